The molecule has 0 atom stereocenters. The lowest BCUT2D eigenvalue weighted by Crippen LogP contribution is -2.40. The zero-order valence-electron chi connectivity index (χ0n) is 9.37. The second kappa shape index (κ2) is 5.80. The van der Waals surface area contributed by atoms with Gasteiger partial charge in [0.15, 0.2) is 0 Å². The van der Waals surface area contributed by atoms with Crippen molar-refractivity contribution in [1.82, 2.24) is 14.7 Å². The van der Waals surface area contributed by atoms with E-state index in [2.05, 4.69) is 11.8 Å². The summed E-state index contributed by atoms with van der Waals surface area (Å²) in [6, 6.07) is 0.0597. The van der Waals surface area contributed by atoms with Crippen LogP contribution in [-0.2, 0) is 0 Å². The maximum absolute atomic E-state index is 11.4. The van der Waals surface area contributed by atoms with Gasteiger partial charge in [0.25, 0.3) is 0 Å². The Bertz CT molecular complexity index is 159. The van der Waals surface area contributed by atoms with E-state index in [4.69, 9.17) is 0 Å². The summed E-state index contributed by atoms with van der Waals surface area (Å²) in [6.07, 6.45) is 0. The van der Waals surface area contributed by atoms with Crippen molar-refractivity contribution in [1.29, 1.82) is 0 Å². The molecule has 0 aliphatic rings. The number of hydrogen-bond donors (Lipinski definition) is 0. The number of carbonyl (C=O) groups excluding carboxylic acids is 1. The van der Waals surface area contributed by atoms with E-state index in [-0.39, 0.29) is 6.03 Å². The van der Waals surface area contributed by atoms with E-state index in [1.54, 1.807) is 23.9 Å². The van der Waals surface area contributed by atoms with Crippen LogP contribution in [0.25, 0.3) is 0 Å². The third-order valence-corrected chi connectivity index (χ3v) is 2.07. The van der Waals surface area contributed by atoms with Crippen molar-refractivity contribution in [2.75, 3.05) is 47.8 Å². The van der Waals surface area contributed by atoms with Gasteiger partial charge in [0, 0.05) is 34.2 Å². The molecule has 0 aromatic heterocycles. The van der Waals surface area contributed by atoms with E-state index in [0.29, 0.717) is 0 Å². The molecule has 0 heterocycles. The molecule has 0 saturated carbocycles. The Kier molecular flexibility index (Phi) is 5.46. The fourth-order valence-corrected chi connectivity index (χ4v) is 0.916. The van der Waals surface area contributed by atoms with Gasteiger partial charge in [-0.25, -0.2) is 4.79 Å². The second-order valence-electron chi connectivity index (χ2n) is 3.49. The van der Waals surface area contributed by atoms with Gasteiger partial charge in [-0.2, -0.15) is 0 Å². The Morgan fingerprint density at radius 1 is 1.08 bits per heavy atom. The van der Waals surface area contributed by atoms with Crippen LogP contribution in [0.2, 0.25) is 0 Å². The molecule has 0 unspecified atom stereocenters. The van der Waals surface area contributed by atoms with E-state index < -0.39 is 0 Å². The molecule has 0 saturated heterocycles. The molecule has 0 N–H and O–H groups in total. The molecule has 4 nitrogen and oxygen atoms in total. The van der Waals surface area contributed by atoms with Crippen molar-refractivity contribution in [2.45, 2.75) is 6.92 Å². The topological polar surface area (TPSA) is 26.8 Å². The molecule has 0 bridgehead atoms. The van der Waals surface area contributed by atoms with Crippen LogP contribution in [0.3, 0.4) is 0 Å². The molecule has 0 aromatic rings. The Labute approximate surface area is 81.1 Å². The first-order chi connectivity index (χ1) is 5.99. The molecule has 0 fully saturated rings. The molecule has 2 amide bonds. The largest absolute Gasteiger partial charge is 0.331 e. The molecule has 0 aliphatic carbocycles. The minimum atomic E-state index is 0.0597. The van der Waals surface area contributed by atoms with Crippen LogP contribution < -0.4 is 0 Å². The average Bonchev–Trinajstić information content (AvgIpc) is 2.11. The lowest BCUT2D eigenvalue weighted by atomic mass is 10.5. The van der Waals surface area contributed by atoms with Gasteiger partial charge in [0.05, 0.1) is 0 Å². The third kappa shape index (κ3) is 4.72. The van der Waals surface area contributed by atoms with Gasteiger partial charge in [-0.15, -0.1) is 0 Å². The molecule has 4 heteroatoms. The molecule has 0 aromatic carbocycles. The fraction of sp³-hybridized carbons (Fsp3) is 0.889. The van der Waals surface area contributed by atoms with E-state index in [1.165, 1.54) is 0 Å². The van der Waals surface area contributed by atoms with E-state index in [1.807, 2.05) is 14.1 Å². The molecular weight excluding hydrogens is 166 g/mol. The number of carbonyl (C=O) groups is 1. The Morgan fingerprint density at radius 2 is 1.62 bits per heavy atom. The summed E-state index contributed by atoms with van der Waals surface area (Å²) in [5, 5.41) is 0. The number of hydrogen-bond acceptors (Lipinski definition) is 2. The lowest BCUT2D eigenvalue weighted by molar-refractivity contribution is 0.176. The van der Waals surface area contributed by atoms with Crippen LogP contribution in [0, 0.1) is 0 Å². The normalized spacial score (nSPS) is 10.3. The number of nitrogens with zero attached hydrogens (tertiary/aromatic N) is 3. The zero-order valence-corrected chi connectivity index (χ0v) is 9.37. The van der Waals surface area contributed by atoms with Gasteiger partial charge in [-0.1, -0.05) is 6.92 Å². The van der Waals surface area contributed by atoms with Crippen LogP contribution in [0.15, 0.2) is 0 Å². The Morgan fingerprint density at radius 3 is 2.00 bits per heavy atom. The van der Waals surface area contributed by atoms with Crippen LogP contribution in [0.4, 0.5) is 4.79 Å². The van der Waals surface area contributed by atoms with Gasteiger partial charge in [-0.05, 0) is 13.6 Å². The summed E-state index contributed by atoms with van der Waals surface area (Å²) >= 11 is 0. The average molecular weight is 187 g/mol. The summed E-state index contributed by atoms with van der Waals surface area (Å²) < 4.78 is 0. The summed E-state index contributed by atoms with van der Waals surface area (Å²) in [7, 11) is 7.41. The number of likely N-dealkylation sites (N-methyl/N-ethyl adjacent to an activating group) is 2. The minimum Gasteiger partial charge on any atom is -0.331 e. The highest BCUT2D eigenvalue weighted by molar-refractivity contribution is 5.73. The molecule has 0 rings (SSSR count). The second-order valence-corrected chi connectivity index (χ2v) is 3.49. The van der Waals surface area contributed by atoms with Gasteiger partial charge in [-0.3, -0.25) is 0 Å². The monoisotopic (exact) mass is 187 g/mol. The lowest BCUT2D eigenvalue weighted by Gasteiger charge is -2.24. The molecule has 78 valence electrons. The molecule has 0 radical (unpaired) electrons. The predicted octanol–water partition coefficient (Wildman–Crippen LogP) is 0.552. The van der Waals surface area contributed by atoms with Crippen molar-refractivity contribution in [2.24, 2.45) is 0 Å². The van der Waals surface area contributed by atoms with Gasteiger partial charge in [0.2, 0.25) is 0 Å². The molecular formula is C9H21N3O. The van der Waals surface area contributed by atoms with Crippen molar-refractivity contribution in [3.05, 3.63) is 0 Å². The third-order valence-electron chi connectivity index (χ3n) is 2.07. The highest BCUT2D eigenvalue weighted by atomic mass is 16.2. The van der Waals surface area contributed by atoms with Gasteiger partial charge in [0.1, 0.15) is 0 Å². The van der Waals surface area contributed by atoms with Crippen molar-refractivity contribution in [3.63, 3.8) is 0 Å². The first-order valence-corrected chi connectivity index (χ1v) is 4.60. The van der Waals surface area contributed by atoms with Gasteiger partial charge < -0.3 is 14.7 Å². The smallest absolute Gasteiger partial charge is 0.319 e. The highest BCUT2D eigenvalue weighted by Crippen LogP contribution is 1.91. The molecule has 0 aliphatic heterocycles. The van der Waals surface area contributed by atoms with E-state index in [9.17, 15) is 4.79 Å². The van der Waals surface area contributed by atoms with Crippen molar-refractivity contribution in [3.8, 4) is 0 Å². The van der Waals surface area contributed by atoms with Crippen LogP contribution in [0.5, 0.6) is 0 Å². The maximum atomic E-state index is 11.4. The van der Waals surface area contributed by atoms with Crippen LogP contribution in [0.1, 0.15) is 6.92 Å². The number of rotatable bonds is 4. The Hall–Kier alpha value is -0.770. The zero-order chi connectivity index (χ0) is 10.4. The van der Waals surface area contributed by atoms with E-state index >= 15 is 0 Å². The SMILES string of the molecule is CCN(C)CCN(C)C(=O)N(C)C. The quantitative estimate of drug-likeness (QED) is 0.642. The highest BCUT2D eigenvalue weighted by Gasteiger charge is 2.09. The fourth-order valence-electron chi connectivity index (χ4n) is 0.916. The first-order valence-electron chi connectivity index (χ1n) is 4.60. The summed E-state index contributed by atoms with van der Waals surface area (Å²) in [6.45, 7) is 4.83. The first kappa shape index (κ1) is 12.2. The summed E-state index contributed by atoms with van der Waals surface area (Å²) in [5.41, 5.74) is 0. The van der Waals surface area contributed by atoms with Gasteiger partial charge >= 0.3 is 6.03 Å². The van der Waals surface area contributed by atoms with Crippen LogP contribution >= 0.6 is 0 Å². The number of urea groups is 1. The predicted molar refractivity (Wildman–Crippen MR) is 54.9 cm³/mol. The molecule has 13 heavy (non-hydrogen) atoms. The summed E-state index contributed by atoms with van der Waals surface area (Å²) in [4.78, 5) is 16.9. The standard InChI is InChI=1S/C9H21N3O/c1-6-11(4)7-8-12(5)9(13)10(2)3/h6-8H2,1-5H3. The van der Waals surface area contributed by atoms with Crippen molar-refractivity contribution < 1.29 is 4.79 Å². The maximum Gasteiger partial charge on any atom is 0.319 e. The Balaban J connectivity index is 3.74. The summed E-state index contributed by atoms with van der Waals surface area (Å²) in [5.74, 6) is 0. The molecule has 0 spiro atoms. The minimum absolute atomic E-state index is 0.0597. The number of amides is 2. The van der Waals surface area contributed by atoms with Crippen molar-refractivity contribution >= 4 is 6.03 Å². The van der Waals surface area contributed by atoms with Crippen LogP contribution in [-0.4, -0.2) is 68.6 Å². The van der Waals surface area contributed by atoms with E-state index in [0.717, 1.165) is 19.6 Å².